The van der Waals surface area contributed by atoms with Gasteiger partial charge in [-0.05, 0) is 12.2 Å². The molecule has 1 aliphatic heterocycles. The van der Waals surface area contributed by atoms with Crippen LogP contribution in [0.15, 0.2) is 36.2 Å². The Morgan fingerprint density at radius 2 is 2.30 bits per heavy atom. The first-order valence-electron chi connectivity index (χ1n) is 2.90. The third kappa shape index (κ3) is 1.70. The van der Waals surface area contributed by atoms with Gasteiger partial charge in [-0.15, -0.1) is 0 Å². The smallest absolute Gasteiger partial charge is 0.104 e. The first kappa shape index (κ1) is 7.02. The lowest BCUT2D eigenvalue weighted by atomic mass is 10.2. The standard InChI is InChI=1S/C7H8N2S/c8-7(10)6-2-1-4-9-5-3-6/h1-5,9H,(H2,8,10). The number of nitrogens with two attached hydrogens (primary N) is 1. The lowest BCUT2D eigenvalue weighted by Crippen LogP contribution is -2.09. The minimum absolute atomic E-state index is 0.421. The fourth-order valence-corrected chi connectivity index (χ4v) is 0.757. The summed E-state index contributed by atoms with van der Waals surface area (Å²) in [5.74, 6) is 0. The van der Waals surface area contributed by atoms with Crippen LogP contribution < -0.4 is 11.1 Å². The van der Waals surface area contributed by atoms with E-state index in [2.05, 4.69) is 5.32 Å². The van der Waals surface area contributed by atoms with Gasteiger partial charge in [-0.25, -0.2) is 0 Å². The highest BCUT2D eigenvalue weighted by atomic mass is 32.1. The van der Waals surface area contributed by atoms with E-state index >= 15 is 0 Å². The maximum absolute atomic E-state index is 5.39. The highest BCUT2D eigenvalue weighted by Crippen LogP contribution is 1.99. The summed E-state index contributed by atoms with van der Waals surface area (Å²) in [4.78, 5) is 0.421. The molecule has 0 aromatic carbocycles. The summed E-state index contributed by atoms with van der Waals surface area (Å²) in [6.45, 7) is 0. The summed E-state index contributed by atoms with van der Waals surface area (Å²) in [5.41, 5.74) is 6.26. The van der Waals surface area contributed by atoms with Gasteiger partial charge in [-0.2, -0.15) is 0 Å². The summed E-state index contributed by atoms with van der Waals surface area (Å²) < 4.78 is 0. The average molecular weight is 152 g/mol. The predicted molar refractivity (Wildman–Crippen MR) is 46.3 cm³/mol. The monoisotopic (exact) mass is 152 g/mol. The summed E-state index contributed by atoms with van der Waals surface area (Å²) in [6, 6.07) is 0. The maximum atomic E-state index is 5.39. The Bertz CT molecular complexity index is 226. The van der Waals surface area contributed by atoms with Crippen molar-refractivity contribution in [2.75, 3.05) is 0 Å². The number of allylic oxidation sites excluding steroid dienone is 2. The zero-order valence-electron chi connectivity index (χ0n) is 5.37. The minimum atomic E-state index is 0.421. The molecule has 0 atom stereocenters. The third-order valence-corrected chi connectivity index (χ3v) is 1.35. The first-order chi connectivity index (χ1) is 4.80. The van der Waals surface area contributed by atoms with E-state index in [4.69, 9.17) is 18.0 Å². The fraction of sp³-hybridized carbons (Fsp3) is 0. The van der Waals surface area contributed by atoms with E-state index in [1.54, 1.807) is 6.20 Å². The summed E-state index contributed by atoms with van der Waals surface area (Å²) in [5, 5.41) is 2.90. The van der Waals surface area contributed by atoms with Crippen LogP contribution in [0.4, 0.5) is 0 Å². The molecule has 1 heterocycles. The average Bonchev–Trinajstić information content (AvgIpc) is 2.12. The van der Waals surface area contributed by atoms with Crippen LogP contribution in [0.1, 0.15) is 0 Å². The zero-order chi connectivity index (χ0) is 7.40. The van der Waals surface area contributed by atoms with Gasteiger partial charge >= 0.3 is 0 Å². The Kier molecular flexibility index (Phi) is 2.23. The second-order valence-electron chi connectivity index (χ2n) is 1.85. The van der Waals surface area contributed by atoms with Crippen molar-refractivity contribution in [1.82, 2.24) is 5.32 Å². The van der Waals surface area contributed by atoms with E-state index in [-0.39, 0.29) is 0 Å². The molecule has 52 valence electrons. The molecule has 0 spiro atoms. The molecule has 0 aromatic rings. The van der Waals surface area contributed by atoms with Crippen molar-refractivity contribution in [3.8, 4) is 0 Å². The predicted octanol–water partition coefficient (Wildman–Crippen LogP) is 0.830. The van der Waals surface area contributed by atoms with Crippen LogP contribution in [0.3, 0.4) is 0 Å². The van der Waals surface area contributed by atoms with Gasteiger partial charge in [-0.1, -0.05) is 18.3 Å². The van der Waals surface area contributed by atoms with Crippen LogP contribution in [0.25, 0.3) is 0 Å². The Morgan fingerprint density at radius 3 is 3.00 bits per heavy atom. The molecule has 0 saturated heterocycles. The Labute approximate surface area is 65.1 Å². The molecule has 3 heteroatoms. The van der Waals surface area contributed by atoms with E-state index in [0.29, 0.717) is 4.99 Å². The van der Waals surface area contributed by atoms with Gasteiger partial charge in [-0.3, -0.25) is 0 Å². The molecule has 0 radical (unpaired) electrons. The van der Waals surface area contributed by atoms with E-state index < -0.39 is 0 Å². The molecule has 0 amide bonds. The van der Waals surface area contributed by atoms with Gasteiger partial charge < -0.3 is 11.1 Å². The molecule has 1 rings (SSSR count). The lowest BCUT2D eigenvalue weighted by Gasteiger charge is -1.93. The zero-order valence-corrected chi connectivity index (χ0v) is 6.19. The van der Waals surface area contributed by atoms with Crippen LogP contribution in [-0.2, 0) is 0 Å². The molecule has 2 nitrogen and oxygen atoms in total. The van der Waals surface area contributed by atoms with E-state index in [1.165, 1.54) is 0 Å². The SMILES string of the molecule is NC(=S)C1=CC=CNC=C1. The Hall–Kier alpha value is -1.09. The number of thiocarbonyl (C=S) groups is 1. The lowest BCUT2D eigenvalue weighted by molar-refractivity contribution is 1.20. The highest BCUT2D eigenvalue weighted by Gasteiger charge is 1.93. The van der Waals surface area contributed by atoms with Crippen molar-refractivity contribution in [2.24, 2.45) is 5.73 Å². The van der Waals surface area contributed by atoms with Crippen molar-refractivity contribution in [3.63, 3.8) is 0 Å². The molecule has 0 fully saturated rings. The van der Waals surface area contributed by atoms with Crippen LogP contribution in [-0.4, -0.2) is 4.99 Å². The summed E-state index contributed by atoms with van der Waals surface area (Å²) in [6.07, 6.45) is 9.14. The summed E-state index contributed by atoms with van der Waals surface area (Å²) >= 11 is 4.77. The minimum Gasteiger partial charge on any atom is -0.389 e. The van der Waals surface area contributed by atoms with Crippen LogP contribution in [0.2, 0.25) is 0 Å². The largest absolute Gasteiger partial charge is 0.389 e. The normalized spacial score (nSPS) is 15.4. The molecule has 0 aliphatic carbocycles. The molecule has 1 aliphatic rings. The third-order valence-electron chi connectivity index (χ3n) is 1.11. The highest BCUT2D eigenvalue weighted by molar-refractivity contribution is 7.80. The van der Waals surface area contributed by atoms with E-state index in [0.717, 1.165) is 5.57 Å². The molecule has 0 aromatic heterocycles. The van der Waals surface area contributed by atoms with Gasteiger partial charge in [0.2, 0.25) is 0 Å². The number of hydrogen-bond donors (Lipinski definition) is 2. The molecule has 3 N–H and O–H groups in total. The van der Waals surface area contributed by atoms with Crippen molar-refractivity contribution in [3.05, 3.63) is 36.2 Å². The topological polar surface area (TPSA) is 38.0 Å². The van der Waals surface area contributed by atoms with Crippen LogP contribution >= 0.6 is 12.2 Å². The number of rotatable bonds is 1. The molecule has 0 unspecified atom stereocenters. The maximum Gasteiger partial charge on any atom is 0.104 e. The van der Waals surface area contributed by atoms with Crippen LogP contribution in [0.5, 0.6) is 0 Å². The number of nitrogens with one attached hydrogen (secondary N) is 1. The molecular formula is C7H8N2S. The van der Waals surface area contributed by atoms with Gasteiger partial charge in [0, 0.05) is 18.0 Å². The molecule has 0 saturated carbocycles. The van der Waals surface area contributed by atoms with Crippen molar-refractivity contribution in [2.45, 2.75) is 0 Å². The molecule has 10 heavy (non-hydrogen) atoms. The molecule has 0 bridgehead atoms. The van der Waals surface area contributed by atoms with Crippen molar-refractivity contribution >= 4 is 17.2 Å². The van der Waals surface area contributed by atoms with Gasteiger partial charge in [0.25, 0.3) is 0 Å². The number of hydrogen-bond acceptors (Lipinski definition) is 2. The van der Waals surface area contributed by atoms with Gasteiger partial charge in [0.05, 0.1) is 0 Å². The fourth-order valence-electron chi connectivity index (χ4n) is 0.621. The van der Waals surface area contributed by atoms with Crippen molar-refractivity contribution in [1.29, 1.82) is 0 Å². The second kappa shape index (κ2) is 3.17. The second-order valence-corrected chi connectivity index (χ2v) is 2.29. The first-order valence-corrected chi connectivity index (χ1v) is 3.31. The van der Waals surface area contributed by atoms with Crippen LogP contribution in [0, 0.1) is 0 Å². The Morgan fingerprint density at radius 1 is 1.50 bits per heavy atom. The van der Waals surface area contributed by atoms with Gasteiger partial charge in [0.15, 0.2) is 0 Å². The van der Waals surface area contributed by atoms with E-state index in [1.807, 2.05) is 24.4 Å². The van der Waals surface area contributed by atoms with E-state index in [9.17, 15) is 0 Å². The molecular weight excluding hydrogens is 144 g/mol. The van der Waals surface area contributed by atoms with Gasteiger partial charge in [0.1, 0.15) is 4.99 Å². The Balaban J connectivity index is 2.83. The summed E-state index contributed by atoms with van der Waals surface area (Å²) in [7, 11) is 0. The quantitative estimate of drug-likeness (QED) is 0.546. The van der Waals surface area contributed by atoms with Crippen molar-refractivity contribution < 1.29 is 0 Å².